The van der Waals surface area contributed by atoms with E-state index in [0.29, 0.717) is 23.6 Å². The average molecular weight is 214 g/mol. The van der Waals surface area contributed by atoms with Gasteiger partial charge in [0.25, 0.3) is 5.69 Å². The number of halogens is 1. The third-order valence-corrected chi connectivity index (χ3v) is 2.32. The van der Waals surface area contributed by atoms with E-state index in [0.717, 1.165) is 0 Å². The molecule has 0 amide bonds. The Balaban J connectivity index is 2.31. The Morgan fingerprint density at radius 2 is 2.36 bits per heavy atom. The van der Waals surface area contributed by atoms with Gasteiger partial charge in [0.15, 0.2) is 0 Å². The normalized spacial score (nSPS) is 19.4. The smallest absolute Gasteiger partial charge is 0.272 e. The van der Waals surface area contributed by atoms with Crippen LogP contribution in [0.3, 0.4) is 0 Å². The molecule has 2 rings (SSSR count). The molecule has 1 fully saturated rings. The lowest BCUT2D eigenvalue weighted by molar-refractivity contribution is -0.385. The van der Waals surface area contributed by atoms with Crippen LogP contribution in [-0.4, -0.2) is 17.6 Å². The van der Waals surface area contributed by atoms with Gasteiger partial charge in [0.2, 0.25) is 0 Å². The largest absolute Gasteiger partial charge is 0.373 e. The molecule has 1 aromatic rings. The van der Waals surface area contributed by atoms with E-state index in [9.17, 15) is 10.1 Å². The summed E-state index contributed by atoms with van der Waals surface area (Å²) < 4.78 is 5.02. The number of benzene rings is 1. The quantitative estimate of drug-likeness (QED) is 0.439. The summed E-state index contributed by atoms with van der Waals surface area (Å²) in [6.07, 6.45) is 0.698. The molecule has 0 radical (unpaired) electrons. The Kier molecular flexibility index (Phi) is 2.39. The molecule has 0 N–H and O–H groups in total. The molecule has 0 spiro atoms. The minimum atomic E-state index is -0.395. The number of rotatable bonds is 3. The molecule has 74 valence electrons. The molecule has 5 heteroatoms. The lowest BCUT2D eigenvalue weighted by atomic mass is 10.1. The van der Waals surface area contributed by atoms with Crippen molar-refractivity contribution in [1.29, 1.82) is 0 Å². The standard InChI is InChI=1S/C9H8ClNO3/c10-7-1-2-9(11(12)13)6(3-7)4-8-5-14-8/h1-3,8H,4-5H2. The van der Waals surface area contributed by atoms with Crippen LogP contribution in [0.1, 0.15) is 5.56 Å². The van der Waals surface area contributed by atoms with Gasteiger partial charge in [-0.3, -0.25) is 10.1 Å². The number of nitro groups is 1. The Morgan fingerprint density at radius 1 is 1.64 bits per heavy atom. The van der Waals surface area contributed by atoms with Crippen molar-refractivity contribution in [2.45, 2.75) is 12.5 Å². The first kappa shape index (κ1) is 9.43. The minimum Gasteiger partial charge on any atom is -0.373 e. The molecule has 1 aliphatic heterocycles. The van der Waals surface area contributed by atoms with Crippen LogP contribution >= 0.6 is 11.6 Å². The Labute approximate surface area is 85.6 Å². The average Bonchev–Trinajstić information content (AvgIpc) is 2.87. The van der Waals surface area contributed by atoms with Gasteiger partial charge in [0.05, 0.1) is 17.6 Å². The van der Waals surface area contributed by atoms with Crippen LogP contribution in [0.2, 0.25) is 5.02 Å². The zero-order chi connectivity index (χ0) is 10.1. The van der Waals surface area contributed by atoms with Crippen molar-refractivity contribution >= 4 is 17.3 Å². The summed E-state index contributed by atoms with van der Waals surface area (Å²) >= 11 is 5.76. The first-order valence-electron chi connectivity index (χ1n) is 4.21. The number of nitrogens with zero attached hydrogens (tertiary/aromatic N) is 1. The Morgan fingerprint density at radius 3 is 2.93 bits per heavy atom. The van der Waals surface area contributed by atoms with Gasteiger partial charge in [0, 0.05) is 23.1 Å². The van der Waals surface area contributed by atoms with Gasteiger partial charge in [-0.05, 0) is 12.1 Å². The summed E-state index contributed by atoms with van der Waals surface area (Å²) in [5, 5.41) is 11.2. The van der Waals surface area contributed by atoms with Crippen LogP contribution in [0, 0.1) is 10.1 Å². The van der Waals surface area contributed by atoms with Gasteiger partial charge in [-0.2, -0.15) is 0 Å². The van der Waals surface area contributed by atoms with Crippen LogP contribution < -0.4 is 0 Å². The molecule has 1 atom stereocenters. The molecule has 1 saturated heterocycles. The first-order chi connectivity index (χ1) is 6.66. The molecule has 0 bridgehead atoms. The van der Waals surface area contributed by atoms with E-state index in [1.807, 2.05) is 0 Å². The van der Waals surface area contributed by atoms with Crippen LogP contribution in [0.15, 0.2) is 18.2 Å². The molecule has 0 aliphatic carbocycles. The van der Waals surface area contributed by atoms with E-state index in [2.05, 4.69) is 0 Å². The molecule has 4 nitrogen and oxygen atoms in total. The Bertz CT molecular complexity index is 376. The second-order valence-electron chi connectivity index (χ2n) is 3.19. The van der Waals surface area contributed by atoms with E-state index < -0.39 is 4.92 Å². The fourth-order valence-electron chi connectivity index (χ4n) is 1.33. The zero-order valence-corrected chi connectivity index (χ0v) is 8.03. The highest BCUT2D eigenvalue weighted by atomic mass is 35.5. The molecule has 1 aliphatic rings. The van der Waals surface area contributed by atoms with E-state index in [1.54, 1.807) is 6.07 Å². The first-order valence-corrected chi connectivity index (χ1v) is 4.59. The molecule has 0 saturated carbocycles. The predicted molar refractivity (Wildman–Crippen MR) is 51.6 cm³/mol. The van der Waals surface area contributed by atoms with E-state index in [-0.39, 0.29) is 11.8 Å². The molecular formula is C9H8ClNO3. The third kappa shape index (κ3) is 2.02. The maximum atomic E-state index is 10.7. The third-order valence-electron chi connectivity index (χ3n) is 2.09. The topological polar surface area (TPSA) is 55.7 Å². The van der Waals surface area contributed by atoms with Crippen molar-refractivity contribution in [2.24, 2.45) is 0 Å². The fraction of sp³-hybridized carbons (Fsp3) is 0.333. The molecule has 1 heterocycles. The molecule has 1 unspecified atom stereocenters. The maximum Gasteiger partial charge on any atom is 0.272 e. The highest BCUT2D eigenvalue weighted by Gasteiger charge is 2.26. The number of hydrogen-bond acceptors (Lipinski definition) is 3. The second kappa shape index (κ2) is 3.55. The lowest BCUT2D eigenvalue weighted by Gasteiger charge is -2.00. The summed E-state index contributed by atoms with van der Waals surface area (Å²) in [6, 6.07) is 4.58. The number of ether oxygens (including phenoxy) is 1. The van der Waals surface area contributed by atoms with Gasteiger partial charge >= 0.3 is 0 Å². The highest BCUT2D eigenvalue weighted by molar-refractivity contribution is 6.30. The molecule has 14 heavy (non-hydrogen) atoms. The lowest BCUT2D eigenvalue weighted by Crippen LogP contribution is -1.99. The fourth-order valence-corrected chi connectivity index (χ4v) is 1.52. The second-order valence-corrected chi connectivity index (χ2v) is 3.63. The Hall–Kier alpha value is -1.13. The number of epoxide rings is 1. The summed E-state index contributed by atoms with van der Waals surface area (Å²) in [4.78, 5) is 10.3. The summed E-state index contributed by atoms with van der Waals surface area (Å²) in [5.74, 6) is 0. The van der Waals surface area contributed by atoms with Crippen LogP contribution in [0.5, 0.6) is 0 Å². The molecule has 0 aromatic heterocycles. The van der Waals surface area contributed by atoms with Crippen molar-refractivity contribution < 1.29 is 9.66 Å². The molecular weight excluding hydrogens is 206 g/mol. The van der Waals surface area contributed by atoms with Crippen molar-refractivity contribution in [3.63, 3.8) is 0 Å². The van der Waals surface area contributed by atoms with E-state index >= 15 is 0 Å². The van der Waals surface area contributed by atoms with Crippen molar-refractivity contribution in [3.05, 3.63) is 38.9 Å². The van der Waals surface area contributed by atoms with E-state index in [1.165, 1.54) is 12.1 Å². The minimum absolute atomic E-state index is 0.116. The van der Waals surface area contributed by atoms with Crippen molar-refractivity contribution in [1.82, 2.24) is 0 Å². The van der Waals surface area contributed by atoms with Crippen LogP contribution in [-0.2, 0) is 11.2 Å². The van der Waals surface area contributed by atoms with Gasteiger partial charge < -0.3 is 4.74 Å². The predicted octanol–water partition coefficient (Wildman–Crippen LogP) is 2.19. The summed E-state index contributed by atoms with van der Waals surface area (Å²) in [5.41, 5.74) is 0.759. The van der Waals surface area contributed by atoms with Gasteiger partial charge in [-0.1, -0.05) is 11.6 Å². The van der Waals surface area contributed by atoms with E-state index in [4.69, 9.17) is 16.3 Å². The zero-order valence-electron chi connectivity index (χ0n) is 7.27. The van der Waals surface area contributed by atoms with Crippen molar-refractivity contribution in [2.75, 3.05) is 6.61 Å². The highest BCUT2D eigenvalue weighted by Crippen LogP contribution is 2.26. The summed E-state index contributed by atoms with van der Waals surface area (Å²) in [7, 11) is 0. The SMILES string of the molecule is O=[N+]([O-])c1ccc(Cl)cc1CC1CO1. The monoisotopic (exact) mass is 213 g/mol. The van der Waals surface area contributed by atoms with Gasteiger partial charge in [-0.15, -0.1) is 0 Å². The number of hydrogen-bond donors (Lipinski definition) is 0. The van der Waals surface area contributed by atoms with Gasteiger partial charge in [-0.25, -0.2) is 0 Å². The van der Waals surface area contributed by atoms with Crippen molar-refractivity contribution in [3.8, 4) is 0 Å². The van der Waals surface area contributed by atoms with Crippen LogP contribution in [0.4, 0.5) is 5.69 Å². The number of nitro benzene ring substituents is 1. The molecule has 1 aromatic carbocycles. The van der Waals surface area contributed by atoms with Crippen LogP contribution in [0.25, 0.3) is 0 Å². The maximum absolute atomic E-state index is 10.7. The van der Waals surface area contributed by atoms with Gasteiger partial charge in [0.1, 0.15) is 0 Å². The summed E-state index contributed by atoms with van der Waals surface area (Å²) in [6.45, 7) is 0.684.